The molecule has 3 nitrogen and oxygen atoms in total. The van der Waals surface area contributed by atoms with Gasteiger partial charge in [-0.1, -0.05) is 37.6 Å². The molecule has 2 rings (SSSR count). The quantitative estimate of drug-likeness (QED) is 0.645. The summed E-state index contributed by atoms with van der Waals surface area (Å²) in [7, 11) is 0. The molecular formula is C21H27ClFNO2. The van der Waals surface area contributed by atoms with Crippen LogP contribution in [0, 0.1) is 11.7 Å². The summed E-state index contributed by atoms with van der Waals surface area (Å²) >= 11 is 5.86. The third-order valence-electron chi connectivity index (χ3n) is 4.07. The van der Waals surface area contributed by atoms with E-state index in [9.17, 15) is 9.50 Å². The molecule has 142 valence electrons. The van der Waals surface area contributed by atoms with Crippen molar-refractivity contribution < 1.29 is 14.2 Å². The number of hydrogen-bond acceptors (Lipinski definition) is 3. The second-order valence-electron chi connectivity index (χ2n) is 6.96. The molecule has 2 aromatic carbocycles. The van der Waals surface area contributed by atoms with Crippen molar-refractivity contribution in [3.05, 3.63) is 64.9 Å². The molecule has 0 saturated heterocycles. The Morgan fingerprint density at radius 1 is 1.08 bits per heavy atom. The van der Waals surface area contributed by atoms with E-state index in [4.69, 9.17) is 16.3 Å². The van der Waals surface area contributed by atoms with E-state index < -0.39 is 6.10 Å². The van der Waals surface area contributed by atoms with Gasteiger partial charge in [-0.2, -0.15) is 0 Å². The maximum Gasteiger partial charge on any atom is 0.123 e. The number of aliphatic hydroxyl groups excluding tert-OH is 1. The minimum absolute atomic E-state index is 0.212. The number of aliphatic hydroxyl groups is 1. The molecule has 0 aliphatic heterocycles. The molecular weight excluding hydrogens is 353 g/mol. The average molecular weight is 380 g/mol. The number of benzene rings is 2. The Bertz CT molecular complexity index is 646. The molecule has 1 N–H and O–H groups in total. The van der Waals surface area contributed by atoms with Crippen molar-refractivity contribution in [2.45, 2.75) is 32.9 Å². The van der Waals surface area contributed by atoms with Crippen molar-refractivity contribution in [2.24, 2.45) is 5.92 Å². The van der Waals surface area contributed by atoms with Gasteiger partial charge in [0.1, 0.15) is 24.3 Å². The average Bonchev–Trinajstić information content (AvgIpc) is 2.61. The van der Waals surface area contributed by atoms with Crippen LogP contribution in [0.4, 0.5) is 4.39 Å². The van der Waals surface area contributed by atoms with Crippen LogP contribution in [0.2, 0.25) is 5.02 Å². The minimum Gasteiger partial charge on any atom is -0.491 e. The van der Waals surface area contributed by atoms with Crippen LogP contribution in [0.3, 0.4) is 0 Å². The lowest BCUT2D eigenvalue weighted by Crippen LogP contribution is -2.36. The molecule has 0 unspecified atom stereocenters. The van der Waals surface area contributed by atoms with Gasteiger partial charge in [-0.15, -0.1) is 0 Å². The fourth-order valence-electron chi connectivity index (χ4n) is 2.60. The maximum atomic E-state index is 13.1. The highest BCUT2D eigenvalue weighted by Crippen LogP contribution is 2.16. The lowest BCUT2D eigenvalue weighted by Gasteiger charge is -2.26. The number of ether oxygens (including phenoxy) is 1. The third kappa shape index (κ3) is 7.73. The summed E-state index contributed by atoms with van der Waals surface area (Å²) in [4.78, 5) is 2.18. The van der Waals surface area contributed by atoms with E-state index in [-0.39, 0.29) is 12.4 Å². The molecule has 0 spiro atoms. The van der Waals surface area contributed by atoms with Crippen molar-refractivity contribution in [2.75, 3.05) is 19.7 Å². The first-order valence-corrected chi connectivity index (χ1v) is 9.33. The third-order valence-corrected chi connectivity index (χ3v) is 4.32. The number of nitrogens with zero attached hydrogens (tertiary/aromatic N) is 1. The van der Waals surface area contributed by atoms with Crippen LogP contribution in [-0.2, 0) is 6.54 Å². The summed E-state index contributed by atoms with van der Waals surface area (Å²) < 4.78 is 18.7. The number of halogens is 2. The zero-order valence-corrected chi connectivity index (χ0v) is 16.1. The van der Waals surface area contributed by atoms with Crippen LogP contribution in [-0.4, -0.2) is 35.8 Å². The van der Waals surface area contributed by atoms with E-state index in [0.29, 0.717) is 29.8 Å². The fraction of sp³-hybridized carbons (Fsp3) is 0.429. The van der Waals surface area contributed by atoms with E-state index >= 15 is 0 Å². The first kappa shape index (κ1) is 20.7. The summed E-state index contributed by atoms with van der Waals surface area (Å²) in [6.07, 6.45) is 0.421. The van der Waals surface area contributed by atoms with E-state index in [2.05, 4.69) is 18.7 Å². The SMILES string of the molecule is CC(C)CCN(Cc1ccc(F)cc1)C[C@@H](O)COc1ccc(Cl)cc1. The predicted octanol–water partition coefficient (Wildman–Crippen LogP) is 4.77. The molecule has 2 aromatic rings. The molecule has 0 aliphatic carbocycles. The largest absolute Gasteiger partial charge is 0.491 e. The Hall–Kier alpha value is -1.62. The van der Waals surface area contributed by atoms with Gasteiger partial charge in [0.25, 0.3) is 0 Å². The van der Waals surface area contributed by atoms with Gasteiger partial charge < -0.3 is 9.84 Å². The van der Waals surface area contributed by atoms with Crippen LogP contribution >= 0.6 is 11.6 Å². The van der Waals surface area contributed by atoms with E-state index in [0.717, 1.165) is 18.5 Å². The van der Waals surface area contributed by atoms with Crippen molar-refractivity contribution in [1.29, 1.82) is 0 Å². The summed E-state index contributed by atoms with van der Waals surface area (Å²) in [6.45, 7) is 6.60. The minimum atomic E-state index is -0.613. The Kier molecular flexibility index (Phi) is 8.36. The second kappa shape index (κ2) is 10.5. The smallest absolute Gasteiger partial charge is 0.123 e. The zero-order valence-electron chi connectivity index (χ0n) is 15.4. The van der Waals surface area contributed by atoms with Gasteiger partial charge >= 0.3 is 0 Å². The highest BCUT2D eigenvalue weighted by Gasteiger charge is 2.14. The van der Waals surface area contributed by atoms with Gasteiger partial charge in [0.05, 0.1) is 0 Å². The molecule has 0 fully saturated rings. The molecule has 0 saturated carbocycles. The van der Waals surface area contributed by atoms with Gasteiger partial charge in [0, 0.05) is 18.1 Å². The van der Waals surface area contributed by atoms with Crippen LogP contribution in [0.15, 0.2) is 48.5 Å². The molecule has 5 heteroatoms. The van der Waals surface area contributed by atoms with Crippen LogP contribution in [0.25, 0.3) is 0 Å². The van der Waals surface area contributed by atoms with Crippen LogP contribution in [0.1, 0.15) is 25.8 Å². The summed E-state index contributed by atoms with van der Waals surface area (Å²) in [5.74, 6) is 1.02. The van der Waals surface area contributed by atoms with Crippen molar-refractivity contribution in [1.82, 2.24) is 4.90 Å². The van der Waals surface area contributed by atoms with E-state index in [1.165, 1.54) is 12.1 Å². The topological polar surface area (TPSA) is 32.7 Å². The molecule has 0 aliphatic rings. The Labute approximate surface area is 160 Å². The zero-order chi connectivity index (χ0) is 18.9. The van der Waals surface area contributed by atoms with Crippen molar-refractivity contribution in [3.8, 4) is 5.75 Å². The normalized spacial score (nSPS) is 12.6. The van der Waals surface area contributed by atoms with Gasteiger partial charge in [0.2, 0.25) is 0 Å². The monoisotopic (exact) mass is 379 g/mol. The van der Waals surface area contributed by atoms with Crippen LogP contribution < -0.4 is 4.74 Å². The fourth-order valence-corrected chi connectivity index (χ4v) is 2.72. The Morgan fingerprint density at radius 2 is 1.73 bits per heavy atom. The Morgan fingerprint density at radius 3 is 2.35 bits per heavy atom. The van der Waals surface area contributed by atoms with Gasteiger partial charge in [-0.3, -0.25) is 4.90 Å². The molecule has 26 heavy (non-hydrogen) atoms. The molecule has 0 heterocycles. The molecule has 0 radical (unpaired) electrons. The standard InChI is InChI=1S/C21H27ClFNO2/c1-16(2)11-12-24(13-17-3-7-19(23)8-4-17)14-20(25)15-26-21-9-5-18(22)6-10-21/h3-10,16,20,25H,11-15H2,1-2H3/t20-/m1/s1. The van der Waals surface area contributed by atoms with Gasteiger partial charge in [0.15, 0.2) is 0 Å². The molecule has 0 aromatic heterocycles. The van der Waals surface area contributed by atoms with Gasteiger partial charge in [-0.25, -0.2) is 4.39 Å². The summed E-state index contributed by atoms with van der Waals surface area (Å²) in [5.41, 5.74) is 1.03. The molecule has 1 atom stereocenters. The lowest BCUT2D eigenvalue weighted by molar-refractivity contribution is 0.0639. The molecule has 0 amide bonds. The second-order valence-corrected chi connectivity index (χ2v) is 7.40. The predicted molar refractivity (Wildman–Crippen MR) is 104 cm³/mol. The first-order chi connectivity index (χ1) is 12.4. The van der Waals surface area contributed by atoms with E-state index in [1.54, 1.807) is 36.4 Å². The van der Waals surface area contributed by atoms with Crippen molar-refractivity contribution in [3.63, 3.8) is 0 Å². The maximum absolute atomic E-state index is 13.1. The van der Waals surface area contributed by atoms with Crippen LogP contribution in [0.5, 0.6) is 5.75 Å². The molecule has 0 bridgehead atoms. The first-order valence-electron chi connectivity index (χ1n) is 8.95. The Balaban J connectivity index is 1.88. The lowest BCUT2D eigenvalue weighted by atomic mass is 10.1. The van der Waals surface area contributed by atoms with Gasteiger partial charge in [-0.05, 0) is 60.8 Å². The summed E-state index contributed by atoms with van der Waals surface area (Å²) in [5, 5.41) is 11.0. The highest BCUT2D eigenvalue weighted by atomic mass is 35.5. The number of rotatable bonds is 10. The number of hydrogen-bond donors (Lipinski definition) is 1. The highest BCUT2D eigenvalue weighted by molar-refractivity contribution is 6.30. The van der Waals surface area contributed by atoms with Crippen molar-refractivity contribution >= 4 is 11.6 Å². The van der Waals surface area contributed by atoms with E-state index in [1.807, 2.05) is 0 Å². The summed E-state index contributed by atoms with van der Waals surface area (Å²) in [6, 6.07) is 13.6.